The Morgan fingerprint density at radius 1 is 0.973 bits per heavy atom. The lowest BCUT2D eigenvalue weighted by Gasteiger charge is -2.42. The van der Waals surface area contributed by atoms with Crippen LogP contribution in [-0.4, -0.2) is 87.9 Å². The summed E-state index contributed by atoms with van der Waals surface area (Å²) in [5.41, 5.74) is 1.60. The number of nitrogens with zero attached hydrogens (tertiary/aromatic N) is 7. The number of pyridine rings is 1. The maximum atomic E-state index is 12.8. The predicted octanol–water partition coefficient (Wildman–Crippen LogP) is 3.21. The third-order valence-electron chi connectivity index (χ3n) is 7.32. The van der Waals surface area contributed by atoms with Gasteiger partial charge in [0.2, 0.25) is 11.9 Å². The molecule has 9 nitrogen and oxygen atoms in total. The number of benzene rings is 1. The van der Waals surface area contributed by atoms with Gasteiger partial charge in [-0.05, 0) is 50.7 Å². The molecule has 2 fully saturated rings. The third-order valence-corrected chi connectivity index (χ3v) is 7.32. The van der Waals surface area contributed by atoms with E-state index in [2.05, 4.69) is 37.0 Å². The molecule has 2 aromatic heterocycles. The molecular formula is C28H36N8O. The average molecular weight is 501 g/mol. The Kier molecular flexibility index (Phi) is 8.01. The van der Waals surface area contributed by atoms with E-state index in [-0.39, 0.29) is 5.78 Å². The van der Waals surface area contributed by atoms with Crippen molar-refractivity contribution < 1.29 is 4.79 Å². The summed E-state index contributed by atoms with van der Waals surface area (Å²) in [6.07, 6.45) is 5.20. The van der Waals surface area contributed by atoms with Gasteiger partial charge >= 0.3 is 0 Å². The number of aryl methyl sites for hydroxylation is 1. The summed E-state index contributed by atoms with van der Waals surface area (Å²) in [5.74, 6) is 2.49. The van der Waals surface area contributed by atoms with E-state index in [4.69, 9.17) is 9.97 Å². The number of piperidine rings is 1. The molecule has 0 unspecified atom stereocenters. The van der Waals surface area contributed by atoms with Gasteiger partial charge in [-0.3, -0.25) is 9.69 Å². The fourth-order valence-corrected chi connectivity index (χ4v) is 5.08. The molecular weight excluding hydrogens is 464 g/mol. The van der Waals surface area contributed by atoms with Gasteiger partial charge in [0.1, 0.15) is 11.6 Å². The Bertz CT molecular complexity index is 1190. The van der Waals surface area contributed by atoms with Crippen LogP contribution in [0.2, 0.25) is 0 Å². The molecule has 0 bridgehead atoms. The zero-order valence-corrected chi connectivity index (χ0v) is 21.8. The van der Waals surface area contributed by atoms with Gasteiger partial charge in [-0.1, -0.05) is 37.3 Å². The van der Waals surface area contributed by atoms with Crippen molar-refractivity contribution in [3.05, 3.63) is 65.6 Å². The van der Waals surface area contributed by atoms with Gasteiger partial charge in [-0.2, -0.15) is 15.0 Å². The molecule has 2 aliphatic rings. The minimum absolute atomic E-state index is 0.0460. The lowest BCUT2D eigenvalue weighted by atomic mass is 10.0. The van der Waals surface area contributed by atoms with Crippen molar-refractivity contribution in [1.82, 2.24) is 29.7 Å². The Morgan fingerprint density at radius 2 is 1.73 bits per heavy atom. The summed E-state index contributed by atoms with van der Waals surface area (Å²) in [5, 5.41) is 3.21. The van der Waals surface area contributed by atoms with Crippen molar-refractivity contribution >= 4 is 23.5 Å². The summed E-state index contributed by atoms with van der Waals surface area (Å²) >= 11 is 0. The van der Waals surface area contributed by atoms with Gasteiger partial charge in [0, 0.05) is 56.8 Å². The Morgan fingerprint density at radius 3 is 2.46 bits per heavy atom. The number of Topliss-reactive ketones (excluding diaryl/α,β-unsaturated/α-hetero) is 1. The van der Waals surface area contributed by atoms with E-state index in [1.807, 2.05) is 37.3 Å². The van der Waals surface area contributed by atoms with Crippen LogP contribution in [0.4, 0.5) is 17.7 Å². The molecule has 4 heterocycles. The standard InChI is InChI=1S/C28H36N8O/c1-3-25-30-27(31-26-20-22(9-12-29-26)24(37)19-21-7-5-4-6-8-21)33-28(32-25)36-17-15-35(16-18-36)23-10-13-34(2)14-11-23/h4-9,12,20,23H,3,10-11,13-19H2,1-2H3,(H,29,30,31,32,33). The first-order chi connectivity index (χ1) is 18.1. The molecule has 5 rings (SSSR count). The van der Waals surface area contributed by atoms with Crippen LogP contribution in [0.15, 0.2) is 48.7 Å². The van der Waals surface area contributed by atoms with Gasteiger partial charge in [-0.25, -0.2) is 4.98 Å². The number of carbonyl (C=O) groups is 1. The Balaban J connectivity index is 1.25. The van der Waals surface area contributed by atoms with E-state index >= 15 is 0 Å². The molecule has 0 saturated carbocycles. The number of nitrogens with one attached hydrogen (secondary N) is 1. The first kappa shape index (κ1) is 25.2. The number of aromatic nitrogens is 4. The molecule has 0 atom stereocenters. The highest BCUT2D eigenvalue weighted by Crippen LogP contribution is 2.21. The van der Waals surface area contributed by atoms with Crippen molar-refractivity contribution in [3.63, 3.8) is 0 Å². The maximum Gasteiger partial charge on any atom is 0.233 e. The molecule has 0 amide bonds. The molecule has 2 saturated heterocycles. The van der Waals surface area contributed by atoms with E-state index in [9.17, 15) is 4.79 Å². The number of piperazine rings is 1. The Hall–Kier alpha value is -3.43. The van der Waals surface area contributed by atoms with Gasteiger partial charge in [-0.15, -0.1) is 0 Å². The second kappa shape index (κ2) is 11.7. The molecule has 1 aromatic carbocycles. The second-order valence-electron chi connectivity index (χ2n) is 9.93. The summed E-state index contributed by atoms with van der Waals surface area (Å²) in [4.78, 5) is 38.6. The Labute approximate surface area is 219 Å². The normalized spacial score (nSPS) is 17.6. The van der Waals surface area contributed by atoms with Crippen LogP contribution >= 0.6 is 0 Å². The molecule has 194 valence electrons. The van der Waals surface area contributed by atoms with Crippen molar-refractivity contribution in [2.24, 2.45) is 0 Å². The lowest BCUT2D eigenvalue weighted by molar-refractivity contribution is 0.0993. The average Bonchev–Trinajstić information content (AvgIpc) is 2.94. The number of ketones is 1. The summed E-state index contributed by atoms with van der Waals surface area (Å²) in [6.45, 7) is 8.26. The quantitative estimate of drug-likeness (QED) is 0.468. The van der Waals surface area contributed by atoms with E-state index in [1.54, 1.807) is 18.3 Å². The summed E-state index contributed by atoms with van der Waals surface area (Å²) in [7, 11) is 2.21. The first-order valence-electron chi connectivity index (χ1n) is 13.3. The van der Waals surface area contributed by atoms with E-state index in [0.29, 0.717) is 42.2 Å². The highest BCUT2D eigenvalue weighted by molar-refractivity contribution is 5.98. The molecule has 0 spiro atoms. The maximum absolute atomic E-state index is 12.8. The monoisotopic (exact) mass is 500 g/mol. The molecule has 1 N–H and O–H groups in total. The van der Waals surface area contributed by atoms with Gasteiger partial charge in [0.25, 0.3) is 0 Å². The fraction of sp³-hybridized carbons (Fsp3) is 0.464. The van der Waals surface area contributed by atoms with Crippen LogP contribution in [-0.2, 0) is 12.8 Å². The molecule has 9 heteroatoms. The minimum Gasteiger partial charge on any atom is -0.338 e. The van der Waals surface area contributed by atoms with E-state index in [1.165, 1.54) is 25.9 Å². The number of rotatable bonds is 8. The van der Waals surface area contributed by atoms with Crippen LogP contribution < -0.4 is 10.2 Å². The van der Waals surface area contributed by atoms with Crippen molar-refractivity contribution in [3.8, 4) is 0 Å². The minimum atomic E-state index is 0.0460. The van der Waals surface area contributed by atoms with Crippen LogP contribution in [0.1, 0.15) is 41.5 Å². The SMILES string of the molecule is CCc1nc(Nc2cc(C(=O)Cc3ccccc3)ccn2)nc(N2CCN(C3CCN(C)CC3)CC2)n1. The third kappa shape index (κ3) is 6.47. The van der Waals surface area contributed by atoms with Crippen molar-refractivity contribution in [1.29, 1.82) is 0 Å². The summed E-state index contributed by atoms with van der Waals surface area (Å²) < 4.78 is 0. The molecule has 37 heavy (non-hydrogen) atoms. The van der Waals surface area contributed by atoms with E-state index < -0.39 is 0 Å². The van der Waals surface area contributed by atoms with Crippen LogP contribution in [0.25, 0.3) is 0 Å². The predicted molar refractivity (Wildman–Crippen MR) is 146 cm³/mol. The van der Waals surface area contributed by atoms with Crippen LogP contribution in [0.3, 0.4) is 0 Å². The molecule has 2 aliphatic heterocycles. The van der Waals surface area contributed by atoms with Gasteiger partial charge in [0.15, 0.2) is 5.78 Å². The molecule has 0 aliphatic carbocycles. The molecule has 0 radical (unpaired) electrons. The topological polar surface area (TPSA) is 90.4 Å². The fourth-order valence-electron chi connectivity index (χ4n) is 5.08. The van der Waals surface area contributed by atoms with Gasteiger partial charge < -0.3 is 15.1 Å². The lowest BCUT2D eigenvalue weighted by Crippen LogP contribution is -2.53. The number of anilines is 3. The van der Waals surface area contributed by atoms with Crippen LogP contribution in [0, 0.1) is 0 Å². The van der Waals surface area contributed by atoms with Crippen molar-refractivity contribution in [2.75, 3.05) is 56.5 Å². The second-order valence-corrected chi connectivity index (χ2v) is 9.93. The zero-order valence-electron chi connectivity index (χ0n) is 21.8. The first-order valence-corrected chi connectivity index (χ1v) is 13.3. The number of carbonyl (C=O) groups excluding carboxylic acids is 1. The summed E-state index contributed by atoms with van der Waals surface area (Å²) in [6, 6.07) is 14.0. The number of likely N-dealkylation sites (tertiary alicyclic amines) is 1. The number of hydrogen-bond donors (Lipinski definition) is 1. The van der Waals surface area contributed by atoms with Crippen LogP contribution in [0.5, 0.6) is 0 Å². The van der Waals surface area contributed by atoms with E-state index in [0.717, 1.165) is 37.6 Å². The van der Waals surface area contributed by atoms with Crippen molar-refractivity contribution in [2.45, 2.75) is 38.6 Å². The highest BCUT2D eigenvalue weighted by atomic mass is 16.1. The van der Waals surface area contributed by atoms with Gasteiger partial charge in [0.05, 0.1) is 0 Å². The number of hydrogen-bond acceptors (Lipinski definition) is 9. The largest absolute Gasteiger partial charge is 0.338 e. The zero-order chi connectivity index (χ0) is 25.6. The highest BCUT2D eigenvalue weighted by Gasteiger charge is 2.27. The smallest absolute Gasteiger partial charge is 0.233 e. The molecule has 3 aromatic rings.